The molecule has 3 nitrogen and oxygen atoms in total. The highest BCUT2D eigenvalue weighted by atomic mass is 16.3. The Balaban J connectivity index is 2.02. The summed E-state index contributed by atoms with van der Waals surface area (Å²) in [5, 5.41) is 21.2. The van der Waals surface area contributed by atoms with Crippen molar-refractivity contribution in [2.24, 2.45) is 5.41 Å². The van der Waals surface area contributed by atoms with Crippen molar-refractivity contribution in [2.75, 3.05) is 13.1 Å². The first-order valence-electron chi connectivity index (χ1n) is 5.48. The van der Waals surface area contributed by atoms with Crippen molar-refractivity contribution in [1.82, 2.24) is 5.32 Å². The molecule has 1 atom stereocenters. The minimum absolute atomic E-state index is 0.173. The van der Waals surface area contributed by atoms with Crippen molar-refractivity contribution >= 4 is 0 Å². The van der Waals surface area contributed by atoms with Crippen molar-refractivity contribution < 1.29 is 5.11 Å². The van der Waals surface area contributed by atoms with Crippen LogP contribution in [0.2, 0.25) is 0 Å². The van der Waals surface area contributed by atoms with Gasteiger partial charge in [-0.05, 0) is 37.6 Å². The van der Waals surface area contributed by atoms with Gasteiger partial charge in [0.05, 0.1) is 12.2 Å². The van der Waals surface area contributed by atoms with E-state index in [1.807, 2.05) is 6.92 Å². The maximum absolute atomic E-state index is 9.31. The van der Waals surface area contributed by atoms with Crippen molar-refractivity contribution in [2.45, 2.75) is 45.1 Å². The molecule has 80 valence electrons. The van der Waals surface area contributed by atoms with Gasteiger partial charge in [-0.15, -0.1) is 0 Å². The Kier molecular flexibility index (Phi) is 4.37. The zero-order chi connectivity index (χ0) is 10.4. The van der Waals surface area contributed by atoms with E-state index in [1.165, 1.54) is 12.8 Å². The Morgan fingerprint density at radius 1 is 1.57 bits per heavy atom. The molecule has 1 fully saturated rings. The number of aliphatic hydroxyl groups excluding tert-OH is 1. The van der Waals surface area contributed by atoms with E-state index in [-0.39, 0.29) is 11.5 Å². The fourth-order valence-corrected chi connectivity index (χ4v) is 1.59. The zero-order valence-electron chi connectivity index (χ0n) is 8.92. The molecule has 1 unspecified atom stereocenters. The van der Waals surface area contributed by atoms with Gasteiger partial charge in [0.15, 0.2) is 0 Å². The molecule has 14 heavy (non-hydrogen) atoms. The molecule has 1 aliphatic rings. The van der Waals surface area contributed by atoms with Gasteiger partial charge < -0.3 is 10.4 Å². The molecular formula is C11H20N2O. The predicted octanol–water partition coefficient (Wildman–Crippen LogP) is 1.43. The summed E-state index contributed by atoms with van der Waals surface area (Å²) in [6.45, 7) is 3.79. The summed E-state index contributed by atoms with van der Waals surface area (Å²) in [7, 11) is 0. The molecule has 0 aliphatic heterocycles. The van der Waals surface area contributed by atoms with Gasteiger partial charge in [0, 0.05) is 13.0 Å². The van der Waals surface area contributed by atoms with Crippen molar-refractivity contribution in [3.63, 3.8) is 0 Å². The third-order valence-corrected chi connectivity index (χ3v) is 3.04. The van der Waals surface area contributed by atoms with E-state index in [0.29, 0.717) is 6.42 Å². The van der Waals surface area contributed by atoms with Gasteiger partial charge in [-0.25, -0.2) is 0 Å². The SMILES string of the molecule is CCC(O)CCNCC1(CC#N)CC1. The Hall–Kier alpha value is -0.590. The highest BCUT2D eigenvalue weighted by Crippen LogP contribution is 2.47. The van der Waals surface area contributed by atoms with Crippen LogP contribution < -0.4 is 5.32 Å². The average Bonchev–Trinajstić information content (AvgIpc) is 2.93. The van der Waals surface area contributed by atoms with Crippen LogP contribution in [0.3, 0.4) is 0 Å². The Bertz CT molecular complexity index is 206. The topological polar surface area (TPSA) is 56.0 Å². The van der Waals surface area contributed by atoms with E-state index in [0.717, 1.165) is 25.9 Å². The van der Waals surface area contributed by atoms with E-state index >= 15 is 0 Å². The highest BCUT2D eigenvalue weighted by Gasteiger charge is 2.41. The molecule has 0 radical (unpaired) electrons. The van der Waals surface area contributed by atoms with Crippen LogP contribution in [0, 0.1) is 16.7 Å². The summed E-state index contributed by atoms with van der Waals surface area (Å²) in [4.78, 5) is 0. The van der Waals surface area contributed by atoms with Crippen molar-refractivity contribution in [1.29, 1.82) is 5.26 Å². The first kappa shape index (κ1) is 11.5. The standard InChI is InChI=1S/C11H20N2O/c1-2-10(14)3-8-13-9-11(4-5-11)6-7-12/h10,13-14H,2-6,8-9H2,1H3. The summed E-state index contributed by atoms with van der Waals surface area (Å²) in [6.07, 6.45) is 4.52. The van der Waals surface area contributed by atoms with E-state index in [9.17, 15) is 5.11 Å². The Morgan fingerprint density at radius 2 is 2.29 bits per heavy atom. The summed E-state index contributed by atoms with van der Waals surface area (Å²) < 4.78 is 0. The number of hydrogen-bond donors (Lipinski definition) is 2. The highest BCUT2D eigenvalue weighted by molar-refractivity contribution is 5.00. The summed E-state index contributed by atoms with van der Waals surface area (Å²) in [6, 6.07) is 2.24. The van der Waals surface area contributed by atoms with Crippen LogP contribution >= 0.6 is 0 Å². The minimum atomic E-state index is -0.173. The van der Waals surface area contributed by atoms with E-state index in [1.54, 1.807) is 0 Å². The van der Waals surface area contributed by atoms with Crippen LogP contribution in [0.25, 0.3) is 0 Å². The third-order valence-electron chi connectivity index (χ3n) is 3.04. The van der Waals surface area contributed by atoms with Gasteiger partial charge >= 0.3 is 0 Å². The molecule has 0 spiro atoms. The van der Waals surface area contributed by atoms with Crippen LogP contribution in [-0.4, -0.2) is 24.3 Å². The lowest BCUT2D eigenvalue weighted by molar-refractivity contribution is 0.159. The van der Waals surface area contributed by atoms with E-state index < -0.39 is 0 Å². The lowest BCUT2D eigenvalue weighted by Gasteiger charge is -2.13. The van der Waals surface area contributed by atoms with Gasteiger partial charge in [-0.1, -0.05) is 6.92 Å². The molecule has 0 aromatic carbocycles. The van der Waals surface area contributed by atoms with E-state index in [4.69, 9.17) is 5.26 Å². The number of nitriles is 1. The quantitative estimate of drug-likeness (QED) is 0.606. The number of aliphatic hydroxyl groups is 1. The monoisotopic (exact) mass is 196 g/mol. The van der Waals surface area contributed by atoms with Crippen molar-refractivity contribution in [3.8, 4) is 6.07 Å². The maximum Gasteiger partial charge on any atom is 0.0628 e. The largest absolute Gasteiger partial charge is 0.393 e. The molecule has 0 saturated heterocycles. The lowest BCUT2D eigenvalue weighted by Crippen LogP contribution is -2.27. The Labute approximate surface area is 86.1 Å². The fraction of sp³-hybridized carbons (Fsp3) is 0.909. The Morgan fingerprint density at radius 3 is 2.79 bits per heavy atom. The third kappa shape index (κ3) is 3.65. The fourth-order valence-electron chi connectivity index (χ4n) is 1.59. The molecule has 2 N–H and O–H groups in total. The molecule has 3 heteroatoms. The second-order valence-electron chi connectivity index (χ2n) is 4.36. The van der Waals surface area contributed by atoms with Crippen LogP contribution in [0.5, 0.6) is 0 Å². The van der Waals surface area contributed by atoms with Crippen LogP contribution in [0.15, 0.2) is 0 Å². The summed E-state index contributed by atoms with van der Waals surface area (Å²) in [5.74, 6) is 0. The van der Waals surface area contributed by atoms with E-state index in [2.05, 4.69) is 11.4 Å². The van der Waals surface area contributed by atoms with Crippen LogP contribution in [0.4, 0.5) is 0 Å². The van der Waals surface area contributed by atoms with Crippen LogP contribution in [-0.2, 0) is 0 Å². The van der Waals surface area contributed by atoms with Gasteiger partial charge in [0.2, 0.25) is 0 Å². The number of hydrogen-bond acceptors (Lipinski definition) is 3. The van der Waals surface area contributed by atoms with Crippen molar-refractivity contribution in [3.05, 3.63) is 0 Å². The molecule has 1 aliphatic carbocycles. The van der Waals surface area contributed by atoms with Gasteiger partial charge in [-0.3, -0.25) is 0 Å². The lowest BCUT2D eigenvalue weighted by atomic mass is 10.0. The molecule has 0 aromatic rings. The molecule has 0 bridgehead atoms. The minimum Gasteiger partial charge on any atom is -0.393 e. The summed E-state index contributed by atoms with van der Waals surface area (Å²) >= 11 is 0. The molecule has 0 heterocycles. The molecule has 1 rings (SSSR count). The smallest absolute Gasteiger partial charge is 0.0628 e. The first-order chi connectivity index (χ1) is 6.72. The van der Waals surface area contributed by atoms with Gasteiger partial charge in [0.25, 0.3) is 0 Å². The number of rotatable bonds is 7. The molecule has 1 saturated carbocycles. The second-order valence-corrected chi connectivity index (χ2v) is 4.36. The maximum atomic E-state index is 9.31. The van der Waals surface area contributed by atoms with Gasteiger partial charge in [-0.2, -0.15) is 5.26 Å². The molecule has 0 amide bonds. The number of nitrogens with zero attached hydrogens (tertiary/aromatic N) is 1. The van der Waals surface area contributed by atoms with Gasteiger partial charge in [0.1, 0.15) is 0 Å². The van der Waals surface area contributed by atoms with Crippen LogP contribution in [0.1, 0.15) is 39.0 Å². The molecule has 0 aromatic heterocycles. The normalized spacial score (nSPS) is 20.1. The zero-order valence-corrected chi connectivity index (χ0v) is 8.92. The first-order valence-corrected chi connectivity index (χ1v) is 5.48. The average molecular weight is 196 g/mol. The second kappa shape index (κ2) is 5.33. The number of nitrogens with one attached hydrogen (secondary N) is 1. The predicted molar refractivity (Wildman–Crippen MR) is 55.7 cm³/mol. The summed E-state index contributed by atoms with van der Waals surface area (Å²) in [5.41, 5.74) is 0.284. The molecular weight excluding hydrogens is 176 g/mol.